The Morgan fingerprint density at radius 2 is 1.05 bits per heavy atom. The number of unbranched alkanes of at least 4 members (excludes halogenated alkanes) is 13. The molecule has 0 spiro atoms. The second-order valence-electron chi connectivity index (χ2n) is 15.8. The molecule has 1 amide bonds. The predicted octanol–water partition coefficient (Wildman–Crippen LogP) is 10.1. The van der Waals surface area contributed by atoms with Gasteiger partial charge in [-0.25, -0.2) is 0 Å². The molecule has 9 nitrogen and oxygen atoms in total. The van der Waals surface area contributed by atoms with Gasteiger partial charge in [0.25, 0.3) is 0 Å². The number of aliphatic hydroxyl groups excluding tert-OH is 5. The number of rotatable bonds is 37. The Morgan fingerprint density at radius 3 is 1.60 bits per heavy atom. The second-order valence-corrected chi connectivity index (χ2v) is 15.8. The molecule has 0 aliphatic carbocycles. The van der Waals surface area contributed by atoms with Crippen LogP contribution in [0.25, 0.3) is 0 Å². The van der Waals surface area contributed by atoms with E-state index in [2.05, 4.69) is 104 Å². The van der Waals surface area contributed by atoms with Crippen LogP contribution in [0.15, 0.2) is 97.2 Å². The van der Waals surface area contributed by atoms with Crippen LogP contribution in [0.1, 0.15) is 162 Å². The van der Waals surface area contributed by atoms with E-state index in [1.54, 1.807) is 6.08 Å². The predicted molar refractivity (Wildman–Crippen MR) is 248 cm³/mol. The first-order chi connectivity index (χ1) is 29.3. The summed E-state index contributed by atoms with van der Waals surface area (Å²) in [6.45, 7) is 3.59. The van der Waals surface area contributed by atoms with Gasteiger partial charge in [0.15, 0.2) is 6.29 Å². The number of hydrogen-bond donors (Lipinski definition) is 6. The first-order valence-corrected chi connectivity index (χ1v) is 23.5. The van der Waals surface area contributed by atoms with Gasteiger partial charge in [0.2, 0.25) is 5.91 Å². The molecule has 342 valence electrons. The van der Waals surface area contributed by atoms with Crippen molar-refractivity contribution in [2.75, 3.05) is 13.2 Å². The second kappa shape index (κ2) is 40.2. The lowest BCUT2D eigenvalue weighted by Crippen LogP contribution is -2.60. The highest BCUT2D eigenvalue weighted by atomic mass is 16.7. The zero-order valence-corrected chi connectivity index (χ0v) is 37.4. The maximum Gasteiger partial charge on any atom is 0.220 e. The molecule has 1 rings (SSSR count). The highest BCUT2D eigenvalue weighted by Gasteiger charge is 2.44. The Kier molecular flexibility index (Phi) is 36.9. The third-order valence-corrected chi connectivity index (χ3v) is 10.4. The van der Waals surface area contributed by atoms with E-state index < -0.39 is 49.5 Å². The van der Waals surface area contributed by atoms with E-state index in [1.165, 1.54) is 38.5 Å². The molecule has 1 aliphatic heterocycles. The number of carbonyl (C=O) groups excluding carboxylic acids is 1. The van der Waals surface area contributed by atoms with Crippen LogP contribution in [0.3, 0.4) is 0 Å². The standard InChI is InChI=1S/C51H85NO8/c1-3-5-7-9-11-13-15-17-18-19-20-21-22-23-24-25-26-27-28-29-31-33-35-37-39-41-47(55)52-44(43-59-51-50(58)49(57)48(56)46(42-53)60-51)45(54)40-38-36-34-32-30-16-14-12-10-8-6-4-2/h5,7,11,13,17-18,20-21,23-24,26-27,30,32,38,40,44-46,48-51,53-54,56-58H,3-4,6,8-10,12,14-16,19,22,25,28-29,31,33-37,39,41-43H2,1-2H3,(H,52,55)/b7-5-,13-11-,18-17-,21-20-,24-23-,27-26-,32-30+,40-38+. The molecular weight excluding hydrogens is 755 g/mol. The van der Waals surface area contributed by atoms with Crippen molar-refractivity contribution in [1.82, 2.24) is 5.32 Å². The average Bonchev–Trinajstić information content (AvgIpc) is 3.25. The van der Waals surface area contributed by atoms with E-state index in [0.29, 0.717) is 6.42 Å². The molecule has 60 heavy (non-hydrogen) atoms. The lowest BCUT2D eigenvalue weighted by molar-refractivity contribution is -0.302. The Hall–Kier alpha value is -2.89. The monoisotopic (exact) mass is 840 g/mol. The molecule has 1 heterocycles. The zero-order chi connectivity index (χ0) is 43.7. The van der Waals surface area contributed by atoms with Crippen molar-refractivity contribution in [3.8, 4) is 0 Å². The summed E-state index contributed by atoms with van der Waals surface area (Å²) in [6, 6.07) is -0.835. The average molecular weight is 840 g/mol. The summed E-state index contributed by atoms with van der Waals surface area (Å²) >= 11 is 0. The van der Waals surface area contributed by atoms with E-state index >= 15 is 0 Å². The molecule has 0 saturated carbocycles. The molecule has 1 saturated heterocycles. The van der Waals surface area contributed by atoms with Crippen LogP contribution in [0.4, 0.5) is 0 Å². The number of nitrogens with one attached hydrogen (secondary N) is 1. The van der Waals surface area contributed by atoms with Gasteiger partial charge in [-0.2, -0.15) is 0 Å². The fraction of sp³-hybridized carbons (Fsp3) is 0.667. The largest absolute Gasteiger partial charge is 0.394 e. The highest BCUT2D eigenvalue weighted by Crippen LogP contribution is 2.22. The molecule has 0 aromatic carbocycles. The zero-order valence-electron chi connectivity index (χ0n) is 37.4. The Balaban J connectivity index is 2.33. The van der Waals surface area contributed by atoms with Gasteiger partial charge in [-0.15, -0.1) is 0 Å². The molecule has 6 N–H and O–H groups in total. The van der Waals surface area contributed by atoms with Gasteiger partial charge in [-0.05, 0) is 83.5 Å². The molecule has 0 aromatic heterocycles. The molecule has 0 bridgehead atoms. The summed E-state index contributed by atoms with van der Waals surface area (Å²) in [7, 11) is 0. The quantitative estimate of drug-likeness (QED) is 0.0268. The number of aliphatic hydroxyl groups is 5. The summed E-state index contributed by atoms with van der Waals surface area (Å²) < 4.78 is 11.2. The van der Waals surface area contributed by atoms with Crippen LogP contribution < -0.4 is 5.32 Å². The molecule has 1 fully saturated rings. The summed E-state index contributed by atoms with van der Waals surface area (Å²) in [5.41, 5.74) is 0. The Morgan fingerprint density at radius 1 is 0.583 bits per heavy atom. The summed E-state index contributed by atoms with van der Waals surface area (Å²) in [6.07, 6.45) is 50.2. The smallest absolute Gasteiger partial charge is 0.220 e. The molecule has 7 atom stereocenters. The topological polar surface area (TPSA) is 149 Å². The van der Waals surface area contributed by atoms with Crippen LogP contribution in [-0.4, -0.2) is 87.5 Å². The highest BCUT2D eigenvalue weighted by molar-refractivity contribution is 5.76. The van der Waals surface area contributed by atoms with Gasteiger partial charge in [0.05, 0.1) is 25.4 Å². The van der Waals surface area contributed by atoms with Gasteiger partial charge >= 0.3 is 0 Å². The van der Waals surface area contributed by atoms with Crippen LogP contribution in [0.5, 0.6) is 0 Å². The van der Waals surface area contributed by atoms with Gasteiger partial charge in [0.1, 0.15) is 24.4 Å². The fourth-order valence-corrected chi connectivity index (χ4v) is 6.64. The Bertz CT molecular complexity index is 1250. The van der Waals surface area contributed by atoms with Crippen molar-refractivity contribution in [3.63, 3.8) is 0 Å². The number of allylic oxidation sites excluding steroid dienone is 15. The fourth-order valence-electron chi connectivity index (χ4n) is 6.64. The van der Waals surface area contributed by atoms with Crippen LogP contribution in [-0.2, 0) is 14.3 Å². The molecule has 9 heteroatoms. The molecule has 7 unspecified atom stereocenters. The molecule has 1 aliphatic rings. The number of amides is 1. The summed E-state index contributed by atoms with van der Waals surface area (Å²) in [4.78, 5) is 13.0. The van der Waals surface area contributed by atoms with Crippen molar-refractivity contribution >= 4 is 5.91 Å². The van der Waals surface area contributed by atoms with Crippen molar-refractivity contribution in [3.05, 3.63) is 97.2 Å². The lowest BCUT2D eigenvalue weighted by atomic mass is 9.99. The minimum absolute atomic E-state index is 0.208. The maximum absolute atomic E-state index is 13.0. The number of hydrogen-bond acceptors (Lipinski definition) is 8. The Labute approximate surface area is 364 Å². The van der Waals surface area contributed by atoms with E-state index in [4.69, 9.17) is 9.47 Å². The van der Waals surface area contributed by atoms with Crippen LogP contribution in [0, 0.1) is 0 Å². The minimum Gasteiger partial charge on any atom is -0.394 e. The van der Waals surface area contributed by atoms with Crippen molar-refractivity contribution in [1.29, 1.82) is 0 Å². The normalized spacial score (nSPS) is 21.5. The third kappa shape index (κ3) is 30.2. The van der Waals surface area contributed by atoms with Crippen molar-refractivity contribution in [2.24, 2.45) is 0 Å². The lowest BCUT2D eigenvalue weighted by Gasteiger charge is -2.40. The van der Waals surface area contributed by atoms with Gasteiger partial charge < -0.3 is 40.3 Å². The van der Waals surface area contributed by atoms with E-state index in [0.717, 1.165) is 103 Å². The number of carbonyl (C=O) groups is 1. The molecule has 0 radical (unpaired) electrons. The first kappa shape index (κ1) is 55.1. The van der Waals surface area contributed by atoms with E-state index in [9.17, 15) is 30.3 Å². The van der Waals surface area contributed by atoms with Crippen LogP contribution >= 0.6 is 0 Å². The SMILES string of the molecule is CC/C=C\C/C=C\C/C=C\C/C=C\C/C=C\C/C=C\CCCCCCCCC(=O)NC(COC1OC(CO)C(O)C(O)C1O)C(O)/C=C/CC/C=C/CCCCCCCC. The van der Waals surface area contributed by atoms with E-state index in [1.807, 2.05) is 6.08 Å². The van der Waals surface area contributed by atoms with Gasteiger partial charge in [-0.1, -0.05) is 169 Å². The van der Waals surface area contributed by atoms with E-state index in [-0.39, 0.29) is 12.5 Å². The number of ether oxygens (including phenoxy) is 2. The summed E-state index contributed by atoms with van der Waals surface area (Å²) in [5.74, 6) is -0.208. The van der Waals surface area contributed by atoms with Gasteiger partial charge in [0, 0.05) is 6.42 Å². The third-order valence-electron chi connectivity index (χ3n) is 10.4. The first-order valence-electron chi connectivity index (χ1n) is 23.5. The van der Waals surface area contributed by atoms with Gasteiger partial charge in [-0.3, -0.25) is 4.79 Å². The molecule has 0 aromatic rings. The minimum atomic E-state index is -1.58. The van der Waals surface area contributed by atoms with Crippen LogP contribution in [0.2, 0.25) is 0 Å². The molecular formula is C51H85NO8. The van der Waals surface area contributed by atoms with Crippen molar-refractivity contribution < 1.29 is 39.8 Å². The van der Waals surface area contributed by atoms with Crippen molar-refractivity contribution in [2.45, 2.75) is 204 Å². The maximum atomic E-state index is 13.0. The summed E-state index contributed by atoms with van der Waals surface area (Å²) in [5, 5.41) is 54.1.